The summed E-state index contributed by atoms with van der Waals surface area (Å²) in [7, 11) is 0. The number of carbonyl (C=O) groups excluding carboxylic acids is 2. The highest BCUT2D eigenvalue weighted by atomic mass is 16.2. The maximum atomic E-state index is 12.9. The van der Waals surface area contributed by atoms with Gasteiger partial charge in [0.25, 0.3) is 0 Å². The quantitative estimate of drug-likeness (QED) is 0.828. The first-order chi connectivity index (χ1) is 13.7. The molecule has 2 aromatic rings. The van der Waals surface area contributed by atoms with Crippen molar-refractivity contribution in [2.45, 2.75) is 37.9 Å². The van der Waals surface area contributed by atoms with Crippen LogP contribution >= 0.6 is 0 Å². The zero-order chi connectivity index (χ0) is 19.3. The molecule has 1 atom stereocenters. The van der Waals surface area contributed by atoms with Crippen molar-refractivity contribution in [2.75, 3.05) is 26.2 Å². The van der Waals surface area contributed by atoms with E-state index in [1.165, 1.54) is 0 Å². The van der Waals surface area contributed by atoms with Gasteiger partial charge in [0.05, 0.1) is 12.5 Å². The first-order valence-electron chi connectivity index (χ1n) is 9.88. The maximum Gasteiger partial charge on any atom is 0.237 e. The molecule has 0 bridgehead atoms. The number of rotatable bonds is 5. The van der Waals surface area contributed by atoms with E-state index in [-0.39, 0.29) is 18.2 Å². The Morgan fingerprint density at radius 3 is 2.50 bits per heavy atom. The minimum atomic E-state index is -0.406. The number of piperazine rings is 1. The van der Waals surface area contributed by atoms with E-state index in [2.05, 4.69) is 32.5 Å². The van der Waals surface area contributed by atoms with Crippen LogP contribution in [0.1, 0.15) is 30.9 Å². The number of hydrogen-bond donors (Lipinski definition) is 1. The zero-order valence-electron chi connectivity index (χ0n) is 15.9. The van der Waals surface area contributed by atoms with Crippen LogP contribution in [0.5, 0.6) is 0 Å². The molecule has 3 heterocycles. The molecular weight excluding hydrogens is 356 g/mol. The molecule has 0 spiro atoms. The molecule has 8 heteroatoms. The third kappa shape index (κ3) is 4.22. The molecule has 2 amide bonds. The molecule has 1 N–H and O–H groups in total. The molecular formula is C20H26N6O2. The lowest BCUT2D eigenvalue weighted by Gasteiger charge is -2.37. The van der Waals surface area contributed by atoms with Gasteiger partial charge in [-0.3, -0.25) is 14.5 Å². The largest absolute Gasteiger partial charge is 0.353 e. The SMILES string of the molecule is O=C1NCCN(Cc2ccccc2)[C@@H]1CC(=O)N1CCC(n2cnnc2)CC1. The summed E-state index contributed by atoms with van der Waals surface area (Å²) in [5.74, 6) is 0.0113. The molecule has 0 aliphatic carbocycles. The number of hydrogen-bond acceptors (Lipinski definition) is 5. The van der Waals surface area contributed by atoms with Gasteiger partial charge in [-0.2, -0.15) is 0 Å². The van der Waals surface area contributed by atoms with Crippen molar-refractivity contribution in [1.29, 1.82) is 0 Å². The molecule has 1 aromatic heterocycles. The summed E-state index contributed by atoms with van der Waals surface area (Å²) in [6, 6.07) is 10.0. The van der Waals surface area contributed by atoms with E-state index in [0.29, 0.717) is 32.2 Å². The minimum absolute atomic E-state index is 0.0464. The first-order valence-corrected chi connectivity index (χ1v) is 9.88. The fraction of sp³-hybridized carbons (Fsp3) is 0.500. The maximum absolute atomic E-state index is 12.9. The van der Waals surface area contributed by atoms with Crippen molar-refractivity contribution in [1.82, 2.24) is 29.9 Å². The zero-order valence-corrected chi connectivity index (χ0v) is 15.9. The van der Waals surface area contributed by atoms with Crippen LogP contribution in [0.25, 0.3) is 0 Å². The minimum Gasteiger partial charge on any atom is -0.353 e. The Morgan fingerprint density at radius 1 is 1.07 bits per heavy atom. The van der Waals surface area contributed by atoms with Crippen LogP contribution in [-0.2, 0) is 16.1 Å². The van der Waals surface area contributed by atoms with Crippen molar-refractivity contribution in [3.05, 3.63) is 48.5 Å². The molecule has 2 saturated heterocycles. The van der Waals surface area contributed by atoms with Crippen molar-refractivity contribution in [3.63, 3.8) is 0 Å². The van der Waals surface area contributed by atoms with Gasteiger partial charge >= 0.3 is 0 Å². The van der Waals surface area contributed by atoms with Crippen molar-refractivity contribution < 1.29 is 9.59 Å². The number of aromatic nitrogens is 3. The van der Waals surface area contributed by atoms with Crippen LogP contribution in [0, 0.1) is 0 Å². The Kier molecular flexibility index (Phi) is 5.66. The molecule has 0 unspecified atom stereocenters. The van der Waals surface area contributed by atoms with Crippen LogP contribution < -0.4 is 5.32 Å². The van der Waals surface area contributed by atoms with Gasteiger partial charge in [-0.25, -0.2) is 0 Å². The second-order valence-electron chi connectivity index (χ2n) is 7.49. The van der Waals surface area contributed by atoms with Gasteiger partial charge < -0.3 is 14.8 Å². The highest BCUT2D eigenvalue weighted by Gasteiger charge is 2.34. The summed E-state index contributed by atoms with van der Waals surface area (Å²) in [6.07, 6.45) is 5.46. The van der Waals surface area contributed by atoms with Crippen LogP contribution in [0.3, 0.4) is 0 Å². The van der Waals surface area contributed by atoms with Crippen molar-refractivity contribution >= 4 is 11.8 Å². The topological polar surface area (TPSA) is 83.4 Å². The van der Waals surface area contributed by atoms with Gasteiger partial charge in [-0.05, 0) is 18.4 Å². The number of nitrogens with zero attached hydrogens (tertiary/aromatic N) is 5. The molecule has 28 heavy (non-hydrogen) atoms. The smallest absolute Gasteiger partial charge is 0.237 e. The van der Waals surface area contributed by atoms with E-state index in [1.54, 1.807) is 12.7 Å². The molecule has 0 saturated carbocycles. The Hall–Kier alpha value is -2.74. The third-order valence-electron chi connectivity index (χ3n) is 5.71. The van der Waals surface area contributed by atoms with Crippen LogP contribution in [0.4, 0.5) is 0 Å². The normalized spacial score (nSPS) is 21.5. The number of carbonyl (C=O) groups is 2. The Bertz CT molecular complexity index is 786. The summed E-state index contributed by atoms with van der Waals surface area (Å²) in [4.78, 5) is 29.4. The fourth-order valence-electron chi connectivity index (χ4n) is 4.10. The summed E-state index contributed by atoms with van der Waals surface area (Å²) in [6.45, 7) is 3.47. The van der Waals surface area contributed by atoms with Crippen LogP contribution in [0.15, 0.2) is 43.0 Å². The van der Waals surface area contributed by atoms with E-state index < -0.39 is 6.04 Å². The van der Waals surface area contributed by atoms with Crippen LogP contribution in [0.2, 0.25) is 0 Å². The molecule has 8 nitrogen and oxygen atoms in total. The van der Waals surface area contributed by atoms with Crippen LogP contribution in [-0.4, -0.2) is 68.6 Å². The van der Waals surface area contributed by atoms with Crippen molar-refractivity contribution in [3.8, 4) is 0 Å². The number of piperidine rings is 1. The Balaban J connectivity index is 1.35. The summed E-state index contributed by atoms with van der Waals surface area (Å²) in [5, 5.41) is 10.6. The molecule has 0 radical (unpaired) electrons. The van der Waals surface area contributed by atoms with Gasteiger partial charge in [0, 0.05) is 38.8 Å². The first kappa shape index (κ1) is 18.6. The molecule has 4 rings (SSSR count). The van der Waals surface area contributed by atoms with E-state index >= 15 is 0 Å². The number of likely N-dealkylation sites (tertiary alicyclic amines) is 1. The number of nitrogens with one attached hydrogen (secondary N) is 1. The fourth-order valence-corrected chi connectivity index (χ4v) is 4.10. The van der Waals surface area contributed by atoms with Crippen molar-refractivity contribution in [2.24, 2.45) is 0 Å². The average Bonchev–Trinajstić information content (AvgIpc) is 3.26. The van der Waals surface area contributed by atoms with Gasteiger partial charge in [-0.1, -0.05) is 30.3 Å². The van der Waals surface area contributed by atoms with Gasteiger partial charge in [0.15, 0.2) is 0 Å². The predicted molar refractivity (Wildman–Crippen MR) is 103 cm³/mol. The standard InChI is InChI=1S/C20H26N6O2/c27-19(24-9-6-17(7-10-24)26-14-22-23-15-26)12-18-20(28)21-8-11-25(18)13-16-4-2-1-3-5-16/h1-5,14-15,17-18H,6-13H2,(H,21,28)/t18-/m1/s1. The van der Waals surface area contributed by atoms with Gasteiger partial charge in [0.2, 0.25) is 11.8 Å². The average molecular weight is 382 g/mol. The molecule has 2 fully saturated rings. The summed E-state index contributed by atoms with van der Waals surface area (Å²) < 4.78 is 2.01. The van der Waals surface area contributed by atoms with E-state index in [4.69, 9.17) is 0 Å². The third-order valence-corrected chi connectivity index (χ3v) is 5.71. The lowest BCUT2D eigenvalue weighted by molar-refractivity contribution is -0.139. The Morgan fingerprint density at radius 2 is 1.79 bits per heavy atom. The summed E-state index contributed by atoms with van der Waals surface area (Å²) in [5.41, 5.74) is 1.16. The highest BCUT2D eigenvalue weighted by molar-refractivity contribution is 5.88. The monoisotopic (exact) mass is 382 g/mol. The predicted octanol–water partition coefficient (Wildman–Crippen LogP) is 0.832. The second-order valence-corrected chi connectivity index (χ2v) is 7.49. The van der Waals surface area contributed by atoms with E-state index in [1.807, 2.05) is 27.7 Å². The van der Waals surface area contributed by atoms with Gasteiger partial charge in [-0.15, -0.1) is 10.2 Å². The van der Waals surface area contributed by atoms with E-state index in [0.717, 1.165) is 24.9 Å². The number of benzene rings is 1. The second kappa shape index (κ2) is 8.52. The Labute approximate surface area is 164 Å². The molecule has 1 aromatic carbocycles. The molecule has 148 valence electrons. The lowest BCUT2D eigenvalue weighted by Crippen LogP contribution is -2.56. The van der Waals surface area contributed by atoms with E-state index in [9.17, 15) is 9.59 Å². The van der Waals surface area contributed by atoms with Gasteiger partial charge in [0.1, 0.15) is 12.7 Å². The molecule has 2 aliphatic heterocycles. The summed E-state index contributed by atoms with van der Waals surface area (Å²) >= 11 is 0. The molecule has 2 aliphatic rings. The number of amides is 2. The lowest BCUT2D eigenvalue weighted by atomic mass is 10.0. The highest BCUT2D eigenvalue weighted by Crippen LogP contribution is 2.23.